The molecule has 29 heavy (non-hydrogen) atoms. The van der Waals surface area contributed by atoms with E-state index in [9.17, 15) is 24.6 Å². The summed E-state index contributed by atoms with van der Waals surface area (Å²) >= 11 is 0. The minimum absolute atomic E-state index is 0.000538. The van der Waals surface area contributed by atoms with E-state index < -0.39 is 51.8 Å². The molecular formula is C21H24O8. The van der Waals surface area contributed by atoms with E-state index in [1.54, 1.807) is 19.1 Å². The van der Waals surface area contributed by atoms with E-state index in [2.05, 4.69) is 0 Å². The molecule has 4 bridgehead atoms. The van der Waals surface area contributed by atoms with Crippen LogP contribution in [0.3, 0.4) is 0 Å². The molecule has 7 atom stereocenters. The van der Waals surface area contributed by atoms with Crippen LogP contribution in [0.4, 0.5) is 0 Å². The van der Waals surface area contributed by atoms with Gasteiger partial charge in [-0.25, -0.2) is 4.79 Å². The van der Waals surface area contributed by atoms with Crippen LogP contribution in [0.5, 0.6) is 0 Å². The molecule has 0 radical (unpaired) electrons. The number of ether oxygens (including phenoxy) is 3. The van der Waals surface area contributed by atoms with Crippen LogP contribution in [0.2, 0.25) is 0 Å². The van der Waals surface area contributed by atoms with Crippen molar-refractivity contribution in [3.05, 3.63) is 23.5 Å². The molecule has 1 saturated carbocycles. The zero-order valence-corrected chi connectivity index (χ0v) is 16.6. The van der Waals surface area contributed by atoms with Crippen molar-refractivity contribution in [3.8, 4) is 0 Å². The highest BCUT2D eigenvalue weighted by molar-refractivity contribution is 5.96. The Morgan fingerprint density at radius 2 is 2.03 bits per heavy atom. The summed E-state index contributed by atoms with van der Waals surface area (Å²) in [5.41, 5.74) is -4.30. The van der Waals surface area contributed by atoms with Crippen LogP contribution >= 0.6 is 0 Å². The van der Waals surface area contributed by atoms with Gasteiger partial charge in [0.05, 0.1) is 31.7 Å². The normalized spacial score (nSPS) is 50.0. The van der Waals surface area contributed by atoms with Crippen LogP contribution in [0.15, 0.2) is 23.5 Å². The zero-order valence-electron chi connectivity index (χ0n) is 16.6. The summed E-state index contributed by atoms with van der Waals surface area (Å²) in [6.07, 6.45) is 2.40. The molecule has 5 aliphatic rings. The number of methoxy groups -OCH3 is 1. The Morgan fingerprint density at radius 3 is 2.72 bits per heavy atom. The SMILES string of the molecule is COC(=O)[C@@]12C=C[C@@]34OC(=O)C[C@@H]1[C@]3(CO2)[C@H](O)C[C@H]1C(C)=C(O)C(=O)C[C@@]14C. The monoisotopic (exact) mass is 404 g/mol. The van der Waals surface area contributed by atoms with Crippen molar-refractivity contribution in [1.82, 2.24) is 0 Å². The summed E-state index contributed by atoms with van der Waals surface area (Å²) < 4.78 is 17.0. The molecule has 5 rings (SSSR count). The highest BCUT2D eigenvalue weighted by Gasteiger charge is 2.83. The second-order valence-electron chi connectivity index (χ2n) is 9.27. The van der Waals surface area contributed by atoms with E-state index in [4.69, 9.17) is 14.2 Å². The van der Waals surface area contributed by atoms with E-state index in [0.29, 0.717) is 5.57 Å². The van der Waals surface area contributed by atoms with Crippen LogP contribution in [0.25, 0.3) is 0 Å². The molecular weight excluding hydrogens is 380 g/mol. The first-order chi connectivity index (χ1) is 13.6. The minimum Gasteiger partial charge on any atom is -0.504 e. The fourth-order valence-corrected chi connectivity index (χ4v) is 7.11. The highest BCUT2D eigenvalue weighted by atomic mass is 16.6. The average Bonchev–Trinajstić information content (AvgIpc) is 2.91. The van der Waals surface area contributed by atoms with Crippen LogP contribution < -0.4 is 0 Å². The van der Waals surface area contributed by atoms with Gasteiger partial charge in [0.2, 0.25) is 0 Å². The second-order valence-corrected chi connectivity index (χ2v) is 9.27. The van der Waals surface area contributed by atoms with Crippen LogP contribution in [-0.2, 0) is 28.6 Å². The van der Waals surface area contributed by atoms with Gasteiger partial charge in [0.25, 0.3) is 0 Å². The molecule has 2 saturated heterocycles. The van der Waals surface area contributed by atoms with E-state index in [1.165, 1.54) is 7.11 Å². The van der Waals surface area contributed by atoms with Gasteiger partial charge in [0.15, 0.2) is 17.1 Å². The van der Waals surface area contributed by atoms with Crippen molar-refractivity contribution >= 4 is 17.7 Å². The van der Waals surface area contributed by atoms with Crippen molar-refractivity contribution < 1.29 is 38.8 Å². The van der Waals surface area contributed by atoms with Crippen LogP contribution in [-0.4, -0.2) is 59.0 Å². The molecule has 0 aromatic rings. The lowest BCUT2D eigenvalue weighted by molar-refractivity contribution is -0.275. The molecule has 8 nitrogen and oxygen atoms in total. The molecule has 3 aliphatic carbocycles. The average molecular weight is 404 g/mol. The van der Waals surface area contributed by atoms with Crippen molar-refractivity contribution in [2.24, 2.45) is 22.7 Å². The first-order valence-electron chi connectivity index (χ1n) is 9.85. The number of fused-ring (bicyclic) bond motifs is 1. The van der Waals surface area contributed by atoms with Gasteiger partial charge >= 0.3 is 11.9 Å². The number of aliphatic hydroxyl groups excluding tert-OH is 2. The maximum Gasteiger partial charge on any atom is 0.342 e. The number of carbonyl (C=O) groups excluding carboxylic acids is 3. The topological polar surface area (TPSA) is 119 Å². The third-order valence-electron chi connectivity index (χ3n) is 8.46. The van der Waals surface area contributed by atoms with Gasteiger partial charge in [-0.1, -0.05) is 6.92 Å². The fourth-order valence-electron chi connectivity index (χ4n) is 7.11. The summed E-state index contributed by atoms with van der Waals surface area (Å²) in [5, 5.41) is 21.7. The lowest BCUT2D eigenvalue weighted by atomic mass is 9.38. The molecule has 8 heteroatoms. The van der Waals surface area contributed by atoms with Crippen molar-refractivity contribution in [3.63, 3.8) is 0 Å². The number of esters is 2. The molecule has 2 N–H and O–H groups in total. The summed E-state index contributed by atoms with van der Waals surface area (Å²) in [6, 6.07) is 0. The highest BCUT2D eigenvalue weighted by Crippen LogP contribution is 2.73. The predicted molar refractivity (Wildman–Crippen MR) is 96.4 cm³/mol. The summed E-state index contributed by atoms with van der Waals surface area (Å²) in [7, 11) is 1.26. The van der Waals surface area contributed by atoms with E-state index >= 15 is 0 Å². The maximum absolute atomic E-state index is 12.8. The first kappa shape index (κ1) is 18.8. The third kappa shape index (κ3) is 1.74. The lowest BCUT2D eigenvalue weighted by Gasteiger charge is -2.68. The Hall–Kier alpha value is -2.19. The summed E-state index contributed by atoms with van der Waals surface area (Å²) in [6.45, 7) is 3.54. The van der Waals surface area contributed by atoms with Gasteiger partial charge < -0.3 is 24.4 Å². The van der Waals surface area contributed by atoms with Crippen molar-refractivity contribution in [1.29, 1.82) is 0 Å². The number of aliphatic hydroxyl groups is 2. The quantitative estimate of drug-likeness (QED) is 0.490. The van der Waals surface area contributed by atoms with Crippen molar-refractivity contribution in [2.75, 3.05) is 13.7 Å². The van der Waals surface area contributed by atoms with Gasteiger partial charge in [-0.3, -0.25) is 9.59 Å². The smallest absolute Gasteiger partial charge is 0.342 e. The first-order valence-corrected chi connectivity index (χ1v) is 9.85. The number of allylic oxidation sites excluding steroid dienone is 2. The summed E-state index contributed by atoms with van der Waals surface area (Å²) in [5.74, 6) is -2.87. The summed E-state index contributed by atoms with van der Waals surface area (Å²) in [4.78, 5) is 38.1. The molecule has 0 amide bonds. The van der Waals surface area contributed by atoms with Gasteiger partial charge in [-0.2, -0.15) is 0 Å². The third-order valence-corrected chi connectivity index (χ3v) is 8.46. The zero-order chi connectivity index (χ0) is 21.0. The molecule has 1 spiro atoms. The number of ketones is 1. The molecule has 2 heterocycles. The standard InChI is InChI=1S/C21H24O8/c1-10-11-6-14(23)19-9-28-20(17(26)27-3)4-5-21(19,29-15(24)7-13(19)20)18(11,2)8-12(22)16(10)25/h4-5,11,13-14,23,25H,6-9H2,1-3H3/t11-,13+,14+,18-,19+,20+,21-/m0/s1. The Labute approximate surface area is 167 Å². The Kier molecular flexibility index (Phi) is 3.43. The van der Waals surface area contributed by atoms with Gasteiger partial charge in [-0.15, -0.1) is 0 Å². The number of Topliss-reactive ketones (excluding diaryl/α,β-unsaturated/α-hetero) is 1. The van der Waals surface area contributed by atoms with Gasteiger partial charge in [-0.05, 0) is 37.0 Å². The Balaban J connectivity index is 1.80. The Morgan fingerprint density at radius 1 is 1.31 bits per heavy atom. The molecule has 0 aromatic carbocycles. The van der Waals surface area contributed by atoms with Gasteiger partial charge in [0.1, 0.15) is 5.60 Å². The lowest BCUT2D eigenvalue weighted by Crippen LogP contribution is -2.77. The minimum atomic E-state index is -1.46. The molecule has 156 valence electrons. The number of carbonyl (C=O) groups is 3. The Bertz CT molecular complexity index is 920. The molecule has 2 aliphatic heterocycles. The maximum atomic E-state index is 12.8. The number of hydrogen-bond donors (Lipinski definition) is 2. The van der Waals surface area contributed by atoms with E-state index in [0.717, 1.165) is 0 Å². The van der Waals surface area contributed by atoms with Crippen molar-refractivity contribution in [2.45, 2.75) is 50.4 Å². The van der Waals surface area contributed by atoms with E-state index in [-0.39, 0.29) is 37.5 Å². The molecule has 0 unspecified atom stereocenters. The molecule has 3 fully saturated rings. The van der Waals surface area contributed by atoms with Gasteiger partial charge in [0, 0.05) is 17.8 Å². The van der Waals surface area contributed by atoms with Crippen LogP contribution in [0, 0.1) is 22.7 Å². The fraction of sp³-hybridized carbons (Fsp3) is 0.667. The number of hydrogen-bond acceptors (Lipinski definition) is 8. The van der Waals surface area contributed by atoms with Crippen LogP contribution in [0.1, 0.15) is 33.1 Å². The number of rotatable bonds is 1. The largest absolute Gasteiger partial charge is 0.504 e. The van der Waals surface area contributed by atoms with E-state index in [1.807, 2.05) is 6.92 Å². The predicted octanol–water partition coefficient (Wildman–Crippen LogP) is 0.978. The second kappa shape index (κ2) is 5.29. The molecule has 0 aromatic heterocycles.